The fourth-order valence-electron chi connectivity index (χ4n) is 2.11. The van der Waals surface area contributed by atoms with Crippen LogP contribution in [0.5, 0.6) is 0 Å². The van der Waals surface area contributed by atoms with Crippen molar-refractivity contribution in [2.24, 2.45) is 0 Å². The molecule has 1 N–H and O–H groups in total. The monoisotopic (exact) mass is 254 g/mol. The van der Waals surface area contributed by atoms with Crippen LogP contribution in [-0.4, -0.2) is 30.9 Å². The van der Waals surface area contributed by atoms with Gasteiger partial charge >= 0.3 is 0 Å². The minimum atomic E-state index is -2.84. The lowest BCUT2D eigenvalue weighted by Gasteiger charge is -2.16. The summed E-state index contributed by atoms with van der Waals surface area (Å²) < 4.78 is 22.8. The SMILES string of the molecule is CC(C)c1cccnc1NC1CCS(=O)(=O)C1. The molecule has 1 aromatic heterocycles. The summed E-state index contributed by atoms with van der Waals surface area (Å²) in [4.78, 5) is 4.31. The summed E-state index contributed by atoms with van der Waals surface area (Å²) in [5.41, 5.74) is 1.14. The molecule has 1 atom stereocenters. The average Bonchev–Trinajstić information content (AvgIpc) is 2.58. The fraction of sp³-hybridized carbons (Fsp3) is 0.583. The third-order valence-corrected chi connectivity index (χ3v) is 4.80. The second-order valence-corrected chi connectivity index (χ2v) is 7.07. The second-order valence-electron chi connectivity index (χ2n) is 4.84. The van der Waals surface area contributed by atoms with Crippen LogP contribution in [0.3, 0.4) is 0 Å². The molecule has 1 unspecified atom stereocenters. The Hall–Kier alpha value is -1.10. The Morgan fingerprint density at radius 1 is 1.47 bits per heavy atom. The summed E-state index contributed by atoms with van der Waals surface area (Å²) in [6.45, 7) is 4.21. The van der Waals surface area contributed by atoms with Gasteiger partial charge in [0.25, 0.3) is 0 Å². The molecule has 94 valence electrons. The predicted molar refractivity (Wildman–Crippen MR) is 69.0 cm³/mol. The van der Waals surface area contributed by atoms with Crippen molar-refractivity contribution >= 4 is 15.7 Å². The van der Waals surface area contributed by atoms with Crippen molar-refractivity contribution in [3.05, 3.63) is 23.9 Å². The van der Waals surface area contributed by atoms with Crippen molar-refractivity contribution in [3.8, 4) is 0 Å². The van der Waals surface area contributed by atoms with Gasteiger partial charge in [-0.3, -0.25) is 0 Å². The van der Waals surface area contributed by atoms with E-state index in [-0.39, 0.29) is 17.5 Å². The molecule has 4 nitrogen and oxygen atoms in total. The number of aromatic nitrogens is 1. The number of hydrogen-bond donors (Lipinski definition) is 1. The zero-order valence-corrected chi connectivity index (χ0v) is 11.0. The Balaban J connectivity index is 2.14. The lowest BCUT2D eigenvalue weighted by molar-refractivity contribution is 0.602. The van der Waals surface area contributed by atoms with Crippen molar-refractivity contribution in [1.29, 1.82) is 0 Å². The molecule has 1 aromatic rings. The molecule has 0 spiro atoms. The van der Waals surface area contributed by atoms with Crippen LogP contribution in [0.1, 0.15) is 31.7 Å². The minimum absolute atomic E-state index is 0.00685. The molecule has 2 rings (SSSR count). The topological polar surface area (TPSA) is 59.1 Å². The van der Waals surface area contributed by atoms with E-state index in [0.29, 0.717) is 12.3 Å². The molecule has 0 aliphatic carbocycles. The Kier molecular flexibility index (Phi) is 3.38. The molecule has 0 radical (unpaired) electrons. The van der Waals surface area contributed by atoms with Gasteiger partial charge < -0.3 is 5.32 Å². The van der Waals surface area contributed by atoms with Crippen LogP contribution < -0.4 is 5.32 Å². The first-order valence-electron chi connectivity index (χ1n) is 5.90. The molecule has 0 aromatic carbocycles. The summed E-state index contributed by atoms with van der Waals surface area (Å²) in [6, 6.07) is 3.95. The van der Waals surface area contributed by atoms with E-state index in [1.165, 1.54) is 0 Å². The first-order valence-corrected chi connectivity index (χ1v) is 7.72. The third-order valence-electron chi connectivity index (χ3n) is 3.03. The Bertz CT molecular complexity index is 497. The summed E-state index contributed by atoms with van der Waals surface area (Å²) in [7, 11) is -2.84. The van der Waals surface area contributed by atoms with Gasteiger partial charge in [0.1, 0.15) is 5.82 Å². The highest BCUT2D eigenvalue weighted by Crippen LogP contribution is 2.24. The Morgan fingerprint density at radius 2 is 2.24 bits per heavy atom. The molecule has 0 bridgehead atoms. The maximum Gasteiger partial charge on any atom is 0.152 e. The molecular formula is C12H18N2O2S. The number of rotatable bonds is 3. The van der Waals surface area contributed by atoms with E-state index in [9.17, 15) is 8.42 Å². The minimum Gasteiger partial charge on any atom is -0.366 e. The molecule has 2 heterocycles. The van der Waals surface area contributed by atoms with Crippen molar-refractivity contribution in [1.82, 2.24) is 4.98 Å². The number of pyridine rings is 1. The molecule has 1 aliphatic heterocycles. The highest BCUT2D eigenvalue weighted by atomic mass is 32.2. The molecule has 0 amide bonds. The zero-order valence-electron chi connectivity index (χ0n) is 10.2. The van der Waals surface area contributed by atoms with Gasteiger partial charge in [-0.05, 0) is 24.0 Å². The Morgan fingerprint density at radius 3 is 2.82 bits per heavy atom. The van der Waals surface area contributed by atoms with E-state index in [1.807, 2.05) is 12.1 Å². The van der Waals surface area contributed by atoms with E-state index in [1.54, 1.807) is 6.20 Å². The average molecular weight is 254 g/mol. The molecule has 0 saturated carbocycles. The summed E-state index contributed by atoms with van der Waals surface area (Å²) in [5, 5.41) is 3.26. The predicted octanol–water partition coefficient (Wildman–Crippen LogP) is 1.80. The van der Waals surface area contributed by atoms with Gasteiger partial charge in [0.05, 0.1) is 11.5 Å². The van der Waals surface area contributed by atoms with Crippen LogP contribution in [0.2, 0.25) is 0 Å². The number of nitrogens with one attached hydrogen (secondary N) is 1. The second kappa shape index (κ2) is 4.64. The molecule has 17 heavy (non-hydrogen) atoms. The molecule has 1 aliphatic rings. The van der Waals surface area contributed by atoms with Crippen LogP contribution in [0, 0.1) is 0 Å². The number of anilines is 1. The van der Waals surface area contributed by atoms with E-state index in [4.69, 9.17) is 0 Å². The summed E-state index contributed by atoms with van der Waals surface area (Å²) in [5.74, 6) is 1.71. The zero-order chi connectivity index (χ0) is 12.5. The van der Waals surface area contributed by atoms with Gasteiger partial charge in [-0.2, -0.15) is 0 Å². The van der Waals surface area contributed by atoms with Gasteiger partial charge in [-0.1, -0.05) is 19.9 Å². The quantitative estimate of drug-likeness (QED) is 0.893. The Labute approximate surface area is 102 Å². The first-order chi connectivity index (χ1) is 7.98. The van der Waals surface area contributed by atoms with E-state index in [0.717, 1.165) is 11.4 Å². The van der Waals surface area contributed by atoms with E-state index >= 15 is 0 Å². The highest BCUT2D eigenvalue weighted by molar-refractivity contribution is 7.91. The molecular weight excluding hydrogens is 236 g/mol. The van der Waals surface area contributed by atoms with Crippen molar-refractivity contribution in [2.45, 2.75) is 32.2 Å². The lowest BCUT2D eigenvalue weighted by Crippen LogP contribution is -2.22. The number of sulfone groups is 1. The third kappa shape index (κ3) is 2.97. The van der Waals surface area contributed by atoms with Crippen LogP contribution in [0.4, 0.5) is 5.82 Å². The maximum atomic E-state index is 11.4. The summed E-state index contributed by atoms with van der Waals surface area (Å²) >= 11 is 0. The van der Waals surface area contributed by atoms with Crippen LogP contribution >= 0.6 is 0 Å². The largest absolute Gasteiger partial charge is 0.366 e. The molecule has 5 heteroatoms. The number of hydrogen-bond acceptors (Lipinski definition) is 4. The van der Waals surface area contributed by atoms with Crippen molar-refractivity contribution in [2.75, 3.05) is 16.8 Å². The van der Waals surface area contributed by atoms with Gasteiger partial charge in [0, 0.05) is 12.2 Å². The van der Waals surface area contributed by atoms with Crippen LogP contribution in [0.25, 0.3) is 0 Å². The maximum absolute atomic E-state index is 11.4. The van der Waals surface area contributed by atoms with E-state index < -0.39 is 9.84 Å². The van der Waals surface area contributed by atoms with Gasteiger partial charge in [-0.25, -0.2) is 13.4 Å². The van der Waals surface area contributed by atoms with Crippen molar-refractivity contribution in [3.63, 3.8) is 0 Å². The normalized spacial score (nSPS) is 22.9. The van der Waals surface area contributed by atoms with Crippen molar-refractivity contribution < 1.29 is 8.42 Å². The van der Waals surface area contributed by atoms with Gasteiger partial charge in [0.2, 0.25) is 0 Å². The number of nitrogens with zero attached hydrogens (tertiary/aromatic N) is 1. The highest BCUT2D eigenvalue weighted by Gasteiger charge is 2.28. The standard InChI is InChI=1S/C12H18N2O2S/c1-9(2)11-4-3-6-13-12(11)14-10-5-7-17(15,16)8-10/h3-4,6,9-10H,5,7-8H2,1-2H3,(H,13,14). The van der Waals surface area contributed by atoms with E-state index in [2.05, 4.69) is 24.1 Å². The fourth-order valence-corrected chi connectivity index (χ4v) is 3.78. The molecule has 1 fully saturated rings. The summed E-state index contributed by atoms with van der Waals surface area (Å²) in [6.07, 6.45) is 2.41. The van der Waals surface area contributed by atoms with Crippen LogP contribution in [0.15, 0.2) is 18.3 Å². The first kappa shape index (κ1) is 12.4. The van der Waals surface area contributed by atoms with Crippen LogP contribution in [-0.2, 0) is 9.84 Å². The lowest BCUT2D eigenvalue weighted by atomic mass is 10.0. The molecule has 1 saturated heterocycles. The smallest absolute Gasteiger partial charge is 0.152 e. The van der Waals surface area contributed by atoms with Gasteiger partial charge in [0.15, 0.2) is 9.84 Å². The van der Waals surface area contributed by atoms with Gasteiger partial charge in [-0.15, -0.1) is 0 Å².